The van der Waals surface area contributed by atoms with E-state index in [1.165, 1.54) is 8.87 Å². The van der Waals surface area contributed by atoms with Gasteiger partial charge in [0.15, 0.2) is 0 Å². The number of sulfonamides is 1. The van der Waals surface area contributed by atoms with Gasteiger partial charge in [-0.2, -0.15) is 4.31 Å². The summed E-state index contributed by atoms with van der Waals surface area (Å²) in [5.41, 5.74) is 0.683. The molecular weight excluding hydrogens is 366 g/mol. The van der Waals surface area contributed by atoms with Crippen LogP contribution in [0.4, 0.5) is 0 Å². The van der Waals surface area contributed by atoms with E-state index in [1.54, 1.807) is 17.6 Å². The molecule has 8 heteroatoms. The monoisotopic (exact) mass is 385 g/mol. The van der Waals surface area contributed by atoms with Crippen molar-refractivity contribution in [1.29, 1.82) is 0 Å². The number of aromatic nitrogens is 2. The van der Waals surface area contributed by atoms with Crippen molar-refractivity contribution in [2.75, 3.05) is 12.3 Å². The molecule has 2 aromatic carbocycles. The molecule has 7 nitrogen and oxygen atoms in total. The molecule has 1 aromatic heterocycles. The van der Waals surface area contributed by atoms with Crippen molar-refractivity contribution in [1.82, 2.24) is 13.4 Å². The van der Waals surface area contributed by atoms with E-state index >= 15 is 0 Å². The fraction of sp³-hybridized carbons (Fsp3) is 0.316. The van der Waals surface area contributed by atoms with Gasteiger partial charge in [0, 0.05) is 11.9 Å². The van der Waals surface area contributed by atoms with Gasteiger partial charge in [0.1, 0.15) is 5.69 Å². The van der Waals surface area contributed by atoms with Crippen molar-refractivity contribution in [3.05, 3.63) is 58.6 Å². The van der Waals surface area contributed by atoms with Crippen molar-refractivity contribution in [3.63, 3.8) is 0 Å². The van der Waals surface area contributed by atoms with E-state index in [-0.39, 0.29) is 29.9 Å². The van der Waals surface area contributed by atoms with Crippen molar-refractivity contribution in [2.24, 2.45) is 0 Å². The Morgan fingerprint density at radius 2 is 1.89 bits per heavy atom. The zero-order valence-electron chi connectivity index (χ0n) is 14.7. The Bertz CT molecular complexity index is 1240. The quantitative estimate of drug-likeness (QED) is 0.749. The van der Waals surface area contributed by atoms with E-state index < -0.39 is 16.1 Å². The molecule has 0 radical (unpaired) electrons. The Morgan fingerprint density at radius 3 is 2.67 bits per heavy atom. The first kappa shape index (κ1) is 16.6. The van der Waals surface area contributed by atoms with Gasteiger partial charge in [-0.3, -0.25) is 4.57 Å². The molecule has 1 saturated heterocycles. The Hall–Kier alpha value is -2.58. The van der Waals surface area contributed by atoms with Crippen LogP contribution in [-0.2, 0) is 10.0 Å². The van der Waals surface area contributed by atoms with Crippen molar-refractivity contribution in [2.45, 2.75) is 25.4 Å². The predicted molar refractivity (Wildman–Crippen MR) is 102 cm³/mol. The molecule has 1 fully saturated rings. The largest absolute Gasteiger partial charge is 0.493 e. The van der Waals surface area contributed by atoms with Crippen LogP contribution in [0.15, 0.2) is 47.3 Å². The lowest BCUT2D eigenvalue weighted by atomic mass is 10.1. The van der Waals surface area contributed by atoms with Gasteiger partial charge in [-0.05, 0) is 24.8 Å². The smallest absolute Gasteiger partial charge is 0.336 e. The van der Waals surface area contributed by atoms with Gasteiger partial charge < -0.3 is 5.11 Å². The maximum Gasteiger partial charge on any atom is 0.336 e. The highest BCUT2D eigenvalue weighted by molar-refractivity contribution is 7.89. The van der Waals surface area contributed by atoms with Crippen LogP contribution in [0, 0.1) is 0 Å². The van der Waals surface area contributed by atoms with Crippen LogP contribution >= 0.6 is 0 Å². The van der Waals surface area contributed by atoms with Crippen molar-refractivity contribution >= 4 is 20.8 Å². The van der Waals surface area contributed by atoms with Crippen LogP contribution in [0.5, 0.6) is 5.88 Å². The summed E-state index contributed by atoms with van der Waals surface area (Å²) in [5, 5.41) is 12.8. The normalized spacial score (nSPS) is 21.8. The number of fused-ring (bicyclic) bond motifs is 6. The molecule has 0 spiro atoms. The first-order valence-electron chi connectivity index (χ1n) is 8.97. The third kappa shape index (κ3) is 2.11. The van der Waals surface area contributed by atoms with Crippen molar-refractivity contribution < 1.29 is 13.5 Å². The summed E-state index contributed by atoms with van der Waals surface area (Å²) >= 11 is 0. The second kappa shape index (κ2) is 5.46. The summed E-state index contributed by atoms with van der Waals surface area (Å²) < 4.78 is 29.1. The summed E-state index contributed by atoms with van der Waals surface area (Å²) in [6.07, 6.45) is 0.535. The molecule has 1 N–H and O–H groups in total. The first-order chi connectivity index (χ1) is 12.9. The van der Waals surface area contributed by atoms with Gasteiger partial charge in [-0.15, -0.1) is 0 Å². The minimum atomic E-state index is -3.39. The minimum absolute atomic E-state index is 0.00520. The zero-order chi connectivity index (χ0) is 18.9. The van der Waals surface area contributed by atoms with Gasteiger partial charge in [0.25, 0.3) is 0 Å². The lowest BCUT2D eigenvalue weighted by molar-refractivity contribution is 0.343. The van der Waals surface area contributed by atoms with Gasteiger partial charge >= 0.3 is 5.69 Å². The zero-order valence-corrected chi connectivity index (χ0v) is 15.6. The number of nitrogens with zero attached hydrogens (tertiary/aromatic N) is 3. The molecule has 0 unspecified atom stereocenters. The summed E-state index contributed by atoms with van der Waals surface area (Å²) in [5.74, 6) is -0.162. The fourth-order valence-electron chi connectivity index (χ4n) is 4.50. The maximum absolute atomic E-state index is 13.1. The SMILES string of the molecule is CCS(=O)(=O)N1C[C@@H]2C[C@H]1c1c(O)n(-c3cccc4ccccc34)c(=O)n12. The van der Waals surface area contributed by atoms with E-state index in [1.807, 2.05) is 36.4 Å². The number of hydrogen-bond acceptors (Lipinski definition) is 4. The second-order valence-corrected chi connectivity index (χ2v) is 9.28. The van der Waals surface area contributed by atoms with E-state index in [9.17, 15) is 18.3 Å². The number of aromatic hydroxyl groups is 1. The Balaban J connectivity index is 1.74. The molecule has 0 aliphatic carbocycles. The van der Waals surface area contributed by atoms with Crippen LogP contribution in [0.2, 0.25) is 0 Å². The lowest BCUT2D eigenvalue weighted by Crippen LogP contribution is -2.38. The molecule has 140 valence electrons. The van der Waals surface area contributed by atoms with Crippen LogP contribution in [0.25, 0.3) is 16.5 Å². The highest BCUT2D eigenvalue weighted by Gasteiger charge is 2.51. The standard InChI is InChI=1S/C19H19N3O4S/c1-2-27(25,26)20-11-13-10-16(20)17-18(23)22(19(24)21(13)17)15-9-5-7-12-6-3-4-8-14(12)15/h3-9,13,16,23H,2,10-11H2,1H3/t13-,16-/m0/s1. The predicted octanol–water partition coefficient (Wildman–Crippen LogP) is 2.15. The molecule has 27 heavy (non-hydrogen) atoms. The molecule has 3 aromatic rings. The van der Waals surface area contributed by atoms with Gasteiger partial charge in [0.2, 0.25) is 15.9 Å². The fourth-order valence-corrected chi connectivity index (χ4v) is 5.80. The summed E-state index contributed by atoms with van der Waals surface area (Å²) in [6, 6.07) is 12.5. The summed E-state index contributed by atoms with van der Waals surface area (Å²) in [4.78, 5) is 13.1. The summed E-state index contributed by atoms with van der Waals surface area (Å²) in [7, 11) is -3.39. The molecule has 0 amide bonds. The summed E-state index contributed by atoms with van der Waals surface area (Å²) in [6.45, 7) is 1.89. The highest BCUT2D eigenvalue weighted by atomic mass is 32.2. The van der Waals surface area contributed by atoms with Crippen LogP contribution in [0.3, 0.4) is 0 Å². The Labute approximate surface area is 156 Å². The average Bonchev–Trinajstić information content (AvgIpc) is 3.33. The van der Waals surface area contributed by atoms with Crippen molar-refractivity contribution in [3.8, 4) is 11.6 Å². The van der Waals surface area contributed by atoms with E-state index in [4.69, 9.17) is 0 Å². The van der Waals surface area contributed by atoms with Gasteiger partial charge in [-0.1, -0.05) is 36.4 Å². The van der Waals surface area contributed by atoms with Crippen LogP contribution in [-0.4, -0.2) is 39.3 Å². The molecule has 2 bridgehead atoms. The van der Waals surface area contributed by atoms with E-state index in [0.717, 1.165) is 10.8 Å². The third-order valence-electron chi connectivity index (χ3n) is 5.74. The first-order valence-corrected chi connectivity index (χ1v) is 10.6. The van der Waals surface area contributed by atoms with Gasteiger partial charge in [0.05, 0.1) is 23.5 Å². The lowest BCUT2D eigenvalue weighted by Gasteiger charge is -2.26. The third-order valence-corrected chi connectivity index (χ3v) is 7.59. The number of rotatable bonds is 3. The molecule has 5 rings (SSSR count). The molecule has 0 saturated carbocycles. The molecular formula is C19H19N3O4S. The average molecular weight is 385 g/mol. The molecule has 2 aliphatic rings. The second-order valence-electron chi connectivity index (χ2n) is 7.07. The van der Waals surface area contributed by atoms with Crippen LogP contribution < -0.4 is 5.69 Å². The number of imidazole rings is 1. The van der Waals surface area contributed by atoms with E-state index in [0.29, 0.717) is 17.8 Å². The molecule has 2 atom stereocenters. The van der Waals surface area contributed by atoms with E-state index in [2.05, 4.69) is 0 Å². The molecule has 3 heterocycles. The van der Waals surface area contributed by atoms with Crippen LogP contribution in [0.1, 0.15) is 31.1 Å². The van der Waals surface area contributed by atoms with Gasteiger partial charge in [-0.25, -0.2) is 17.8 Å². The minimum Gasteiger partial charge on any atom is -0.493 e. The Morgan fingerprint density at radius 1 is 1.15 bits per heavy atom. The Kier molecular flexibility index (Phi) is 3.36. The number of hydrogen-bond donors (Lipinski definition) is 1. The molecule has 2 aliphatic heterocycles. The maximum atomic E-state index is 13.1. The highest BCUT2D eigenvalue weighted by Crippen LogP contribution is 2.49. The topological polar surface area (TPSA) is 84.5 Å². The number of benzene rings is 2.